The number of alkyl halides is 3. The first-order valence-corrected chi connectivity index (χ1v) is 11.4. The number of benzene rings is 1. The molecule has 0 unspecified atom stereocenters. The minimum atomic E-state index is -4.53. The number of likely N-dealkylation sites (tertiary alicyclic amines) is 1. The van der Waals surface area contributed by atoms with Crippen LogP contribution in [0.2, 0.25) is 0 Å². The second-order valence-corrected chi connectivity index (χ2v) is 8.99. The fourth-order valence-electron chi connectivity index (χ4n) is 4.79. The van der Waals surface area contributed by atoms with Crippen LogP contribution in [0.5, 0.6) is 0 Å². The number of carbonyl (C=O) groups is 2. The van der Waals surface area contributed by atoms with Crippen LogP contribution in [-0.4, -0.2) is 53.4 Å². The average Bonchev–Trinajstić information content (AvgIpc) is 2.79. The fourth-order valence-corrected chi connectivity index (χ4v) is 4.79. The van der Waals surface area contributed by atoms with Crippen LogP contribution < -0.4 is 16.4 Å². The van der Waals surface area contributed by atoms with Crippen molar-refractivity contribution in [3.8, 4) is 0 Å². The number of carbonyl (C=O) groups excluding carboxylic acids is 2. The molecule has 1 aromatic carbocycles. The van der Waals surface area contributed by atoms with Gasteiger partial charge in [-0.2, -0.15) is 13.2 Å². The molecule has 10 heteroatoms. The number of pyridine rings is 1. The summed E-state index contributed by atoms with van der Waals surface area (Å²) in [6.45, 7) is 1.21. The first-order valence-electron chi connectivity index (χ1n) is 11.4. The molecule has 0 atom stereocenters. The van der Waals surface area contributed by atoms with Gasteiger partial charge in [-0.25, -0.2) is 0 Å². The monoisotopic (exact) mass is 475 g/mol. The molecular weight excluding hydrogens is 447 g/mol. The van der Waals surface area contributed by atoms with Crippen molar-refractivity contribution >= 4 is 17.5 Å². The summed E-state index contributed by atoms with van der Waals surface area (Å²) in [5.41, 5.74) is 6.97. The molecule has 4 rings (SSSR count). The smallest absolute Gasteiger partial charge is 0.398 e. The molecule has 4 N–H and O–H groups in total. The predicted molar refractivity (Wildman–Crippen MR) is 121 cm³/mol. The highest BCUT2D eigenvalue weighted by atomic mass is 19.4. The van der Waals surface area contributed by atoms with E-state index in [1.165, 1.54) is 12.1 Å². The molecule has 1 saturated heterocycles. The molecule has 0 radical (unpaired) electrons. The topological polar surface area (TPSA) is 100 Å². The molecule has 182 valence electrons. The van der Waals surface area contributed by atoms with Crippen molar-refractivity contribution in [2.75, 3.05) is 25.4 Å². The third-order valence-corrected chi connectivity index (χ3v) is 6.68. The molecule has 2 amide bonds. The first-order chi connectivity index (χ1) is 16.2. The lowest BCUT2D eigenvalue weighted by atomic mass is 9.80. The van der Waals surface area contributed by atoms with Gasteiger partial charge in [0.1, 0.15) is 0 Å². The molecule has 2 aliphatic rings. The van der Waals surface area contributed by atoms with E-state index in [4.69, 9.17) is 5.73 Å². The van der Waals surface area contributed by atoms with Gasteiger partial charge in [-0.05, 0) is 61.4 Å². The van der Waals surface area contributed by atoms with E-state index in [0.717, 1.165) is 62.2 Å². The van der Waals surface area contributed by atoms with Gasteiger partial charge in [0.25, 0.3) is 5.91 Å². The standard InChI is InChI=1S/C24H28F3N5O2/c25-24(26,27)17-3-1-2-16(10-17)23(34)30-12-22(33)31-18-13-32(14-18)19-6-4-15(5-7-19)20-11-29-9-8-21(20)28/h1-3,8-11,15,18-19H,4-7,12-14H2,(H2,28,29)(H,30,34)(H,31,33)/t15-,19+. The number of nitrogens with one attached hydrogen (secondary N) is 2. The van der Waals surface area contributed by atoms with Crippen LogP contribution in [-0.2, 0) is 11.0 Å². The van der Waals surface area contributed by atoms with Gasteiger partial charge in [0, 0.05) is 42.8 Å². The fraction of sp³-hybridized carbons (Fsp3) is 0.458. The molecule has 0 bridgehead atoms. The Balaban J connectivity index is 1.16. The van der Waals surface area contributed by atoms with Crippen LogP contribution in [0.4, 0.5) is 18.9 Å². The van der Waals surface area contributed by atoms with Crippen LogP contribution in [0.15, 0.2) is 42.7 Å². The van der Waals surface area contributed by atoms with Crippen molar-refractivity contribution in [1.29, 1.82) is 0 Å². The lowest BCUT2D eigenvalue weighted by molar-refractivity contribution is -0.137. The SMILES string of the molecule is Nc1ccncc1[C@H]1CC[C@@H](N2CC(NC(=O)CNC(=O)c3cccc(C(F)(F)F)c3)C2)CC1. The van der Waals surface area contributed by atoms with Gasteiger partial charge in [0.05, 0.1) is 18.2 Å². The molecule has 2 heterocycles. The summed E-state index contributed by atoms with van der Waals surface area (Å²) in [6.07, 6.45) is 3.26. The van der Waals surface area contributed by atoms with E-state index in [0.29, 0.717) is 12.0 Å². The van der Waals surface area contributed by atoms with Crippen LogP contribution in [0.1, 0.15) is 53.1 Å². The minimum absolute atomic E-state index is 0.00431. The van der Waals surface area contributed by atoms with Crippen LogP contribution >= 0.6 is 0 Å². The van der Waals surface area contributed by atoms with E-state index in [-0.39, 0.29) is 24.1 Å². The number of halogens is 3. The summed E-state index contributed by atoms with van der Waals surface area (Å²) >= 11 is 0. The quantitative estimate of drug-likeness (QED) is 0.597. The zero-order chi connectivity index (χ0) is 24.3. The molecule has 0 spiro atoms. The van der Waals surface area contributed by atoms with E-state index in [2.05, 4.69) is 20.5 Å². The summed E-state index contributed by atoms with van der Waals surface area (Å²) in [7, 11) is 0. The summed E-state index contributed by atoms with van der Waals surface area (Å²) in [6, 6.07) is 6.43. The summed E-state index contributed by atoms with van der Waals surface area (Å²) in [5, 5.41) is 5.25. The second kappa shape index (κ2) is 10.0. The number of hydrogen-bond acceptors (Lipinski definition) is 5. The Hall–Kier alpha value is -3.14. The second-order valence-electron chi connectivity index (χ2n) is 8.99. The van der Waals surface area contributed by atoms with Gasteiger partial charge in [-0.15, -0.1) is 0 Å². The van der Waals surface area contributed by atoms with Crippen molar-refractivity contribution in [3.63, 3.8) is 0 Å². The van der Waals surface area contributed by atoms with Crippen molar-refractivity contribution in [3.05, 3.63) is 59.4 Å². The van der Waals surface area contributed by atoms with Gasteiger partial charge in [0.15, 0.2) is 0 Å². The number of hydrogen-bond donors (Lipinski definition) is 3. The molecule has 1 aliphatic heterocycles. The molecule has 1 saturated carbocycles. The van der Waals surface area contributed by atoms with Gasteiger partial charge in [-0.1, -0.05) is 6.07 Å². The Morgan fingerprint density at radius 3 is 2.53 bits per heavy atom. The predicted octanol–water partition coefficient (Wildman–Crippen LogP) is 2.94. The Morgan fingerprint density at radius 2 is 1.85 bits per heavy atom. The van der Waals surface area contributed by atoms with Gasteiger partial charge < -0.3 is 16.4 Å². The van der Waals surface area contributed by atoms with Crippen molar-refractivity contribution in [1.82, 2.24) is 20.5 Å². The van der Waals surface area contributed by atoms with Gasteiger partial charge in [-0.3, -0.25) is 19.5 Å². The van der Waals surface area contributed by atoms with E-state index < -0.39 is 17.6 Å². The Kier molecular flexibility index (Phi) is 7.06. The van der Waals surface area contributed by atoms with Crippen LogP contribution in [0.25, 0.3) is 0 Å². The zero-order valence-corrected chi connectivity index (χ0v) is 18.6. The van der Waals surface area contributed by atoms with E-state index in [1.54, 1.807) is 6.20 Å². The molecule has 7 nitrogen and oxygen atoms in total. The highest BCUT2D eigenvalue weighted by Gasteiger charge is 2.36. The Labute approximate surface area is 195 Å². The summed E-state index contributed by atoms with van der Waals surface area (Å²) in [4.78, 5) is 30.9. The summed E-state index contributed by atoms with van der Waals surface area (Å²) < 4.78 is 38.4. The van der Waals surface area contributed by atoms with Crippen LogP contribution in [0.3, 0.4) is 0 Å². The lowest BCUT2D eigenvalue weighted by Crippen LogP contribution is -2.63. The third-order valence-electron chi connectivity index (χ3n) is 6.68. The normalized spacial score (nSPS) is 21.5. The maximum absolute atomic E-state index is 12.8. The van der Waals surface area contributed by atoms with Crippen molar-refractivity contribution < 1.29 is 22.8 Å². The number of nitrogens with zero attached hydrogens (tertiary/aromatic N) is 2. The van der Waals surface area contributed by atoms with Gasteiger partial charge in [0.2, 0.25) is 5.91 Å². The maximum Gasteiger partial charge on any atom is 0.416 e. The maximum atomic E-state index is 12.8. The number of nitrogens with two attached hydrogens (primary N) is 1. The van der Waals surface area contributed by atoms with Crippen LogP contribution in [0, 0.1) is 0 Å². The minimum Gasteiger partial charge on any atom is -0.398 e. The lowest BCUT2D eigenvalue weighted by Gasteiger charge is -2.46. The van der Waals surface area contributed by atoms with Crippen molar-refractivity contribution in [2.45, 2.75) is 49.9 Å². The molecule has 1 aromatic heterocycles. The summed E-state index contributed by atoms with van der Waals surface area (Å²) in [5.74, 6) is -0.648. The largest absolute Gasteiger partial charge is 0.416 e. The Morgan fingerprint density at radius 1 is 1.12 bits per heavy atom. The first kappa shape index (κ1) is 24.0. The van der Waals surface area contributed by atoms with E-state index in [1.807, 2.05) is 12.3 Å². The molecular formula is C24H28F3N5O2. The van der Waals surface area contributed by atoms with Gasteiger partial charge >= 0.3 is 6.18 Å². The number of amides is 2. The van der Waals surface area contributed by atoms with E-state index in [9.17, 15) is 22.8 Å². The molecule has 1 aliphatic carbocycles. The highest BCUT2D eigenvalue weighted by molar-refractivity contribution is 5.96. The number of rotatable bonds is 6. The number of anilines is 1. The third kappa shape index (κ3) is 5.67. The van der Waals surface area contributed by atoms with E-state index >= 15 is 0 Å². The Bertz CT molecular complexity index is 1030. The molecule has 2 fully saturated rings. The molecule has 2 aromatic rings. The zero-order valence-electron chi connectivity index (χ0n) is 18.6. The van der Waals surface area contributed by atoms with Crippen molar-refractivity contribution in [2.24, 2.45) is 0 Å². The number of aromatic nitrogens is 1. The average molecular weight is 476 g/mol. The number of nitrogen functional groups attached to an aromatic ring is 1. The molecule has 34 heavy (non-hydrogen) atoms. The highest BCUT2D eigenvalue weighted by Crippen LogP contribution is 2.37.